The van der Waals surface area contributed by atoms with Crippen molar-refractivity contribution in [3.05, 3.63) is 78.4 Å². The molecular formula is C21H19NO4S. The van der Waals surface area contributed by atoms with Crippen LogP contribution in [0.1, 0.15) is 18.6 Å². The molecule has 1 amide bonds. The highest BCUT2D eigenvalue weighted by Gasteiger charge is 2.25. The molecule has 2 atom stereocenters. The summed E-state index contributed by atoms with van der Waals surface area (Å²) in [5.41, 5.74) is 0.482. The molecule has 3 rings (SSSR count). The van der Waals surface area contributed by atoms with E-state index in [0.717, 1.165) is 10.8 Å². The molecule has 0 aliphatic rings. The van der Waals surface area contributed by atoms with Crippen molar-refractivity contribution in [2.75, 3.05) is 6.26 Å². The van der Waals surface area contributed by atoms with Gasteiger partial charge in [0, 0.05) is 23.6 Å². The van der Waals surface area contributed by atoms with Gasteiger partial charge in [-0.2, -0.15) is 4.36 Å². The van der Waals surface area contributed by atoms with Crippen molar-refractivity contribution in [3.63, 3.8) is 0 Å². The predicted octanol–water partition coefficient (Wildman–Crippen LogP) is 4.13. The number of amides is 1. The van der Waals surface area contributed by atoms with Gasteiger partial charge in [0.2, 0.25) is 6.10 Å². The van der Waals surface area contributed by atoms with Crippen LogP contribution in [0.2, 0.25) is 0 Å². The highest BCUT2D eigenvalue weighted by Crippen LogP contribution is 2.23. The number of ether oxygens (including phenoxy) is 1. The lowest BCUT2D eigenvalue weighted by Crippen LogP contribution is -2.18. The van der Waals surface area contributed by atoms with Crippen molar-refractivity contribution in [1.82, 2.24) is 0 Å². The van der Waals surface area contributed by atoms with Crippen LogP contribution in [0, 0.1) is 0 Å². The average molecular weight is 381 g/mol. The lowest BCUT2D eigenvalue weighted by Gasteiger charge is -2.14. The molecule has 3 aromatic carbocycles. The molecule has 5 nitrogen and oxygen atoms in total. The van der Waals surface area contributed by atoms with Crippen molar-refractivity contribution in [1.29, 1.82) is 0 Å². The Labute approximate surface area is 158 Å². The lowest BCUT2D eigenvalue weighted by molar-refractivity contribution is -0.153. The summed E-state index contributed by atoms with van der Waals surface area (Å²) in [6.07, 6.45) is 0.190. The Hall–Kier alpha value is -2.99. The minimum atomic E-state index is -3.01. The topological polar surface area (TPSA) is 72.8 Å². The van der Waals surface area contributed by atoms with Gasteiger partial charge in [-0.25, -0.2) is 4.21 Å². The smallest absolute Gasteiger partial charge is 0.303 e. The third-order valence-electron chi connectivity index (χ3n) is 4.03. The van der Waals surface area contributed by atoms with Gasteiger partial charge >= 0.3 is 5.97 Å². The molecule has 0 radical (unpaired) electrons. The van der Waals surface area contributed by atoms with E-state index in [2.05, 4.69) is 4.36 Å². The molecule has 0 aliphatic heterocycles. The van der Waals surface area contributed by atoms with Gasteiger partial charge < -0.3 is 4.74 Å². The van der Waals surface area contributed by atoms with Gasteiger partial charge in [0.15, 0.2) is 0 Å². The van der Waals surface area contributed by atoms with E-state index in [1.165, 1.54) is 13.2 Å². The van der Waals surface area contributed by atoms with Crippen LogP contribution in [0.15, 0.2) is 82.1 Å². The summed E-state index contributed by atoms with van der Waals surface area (Å²) in [4.78, 5) is 24.6. The Kier molecular flexibility index (Phi) is 5.37. The van der Waals surface area contributed by atoms with Gasteiger partial charge in [-0.3, -0.25) is 9.59 Å². The number of hydrogen-bond acceptors (Lipinski definition) is 4. The van der Waals surface area contributed by atoms with Gasteiger partial charge in [-0.1, -0.05) is 60.7 Å². The van der Waals surface area contributed by atoms with Crippen LogP contribution in [0.25, 0.3) is 10.8 Å². The summed E-state index contributed by atoms with van der Waals surface area (Å²) < 4.78 is 22.2. The fourth-order valence-electron chi connectivity index (χ4n) is 2.73. The summed E-state index contributed by atoms with van der Waals surface area (Å²) in [7, 11) is -3.01. The first kappa shape index (κ1) is 18.8. The molecule has 0 saturated carbocycles. The van der Waals surface area contributed by atoms with Crippen molar-refractivity contribution >= 4 is 32.4 Å². The minimum absolute atomic E-state index is 0.448. The predicted molar refractivity (Wildman–Crippen MR) is 105 cm³/mol. The molecule has 0 aromatic heterocycles. The van der Waals surface area contributed by atoms with Crippen molar-refractivity contribution < 1.29 is 18.5 Å². The molecule has 0 saturated heterocycles. The zero-order valence-electron chi connectivity index (χ0n) is 15.0. The third kappa shape index (κ3) is 4.41. The van der Waals surface area contributed by atoms with Crippen molar-refractivity contribution in [2.45, 2.75) is 17.9 Å². The first-order valence-corrected chi connectivity index (χ1v) is 10.3. The number of rotatable bonds is 4. The van der Waals surface area contributed by atoms with E-state index < -0.39 is 27.7 Å². The van der Waals surface area contributed by atoms with Crippen LogP contribution in [0.5, 0.6) is 0 Å². The molecule has 0 spiro atoms. The van der Waals surface area contributed by atoms with Crippen LogP contribution in [0.4, 0.5) is 0 Å². The number of esters is 1. The number of carbonyl (C=O) groups excluding carboxylic acids is 2. The Morgan fingerprint density at radius 1 is 0.926 bits per heavy atom. The van der Waals surface area contributed by atoms with E-state index in [-0.39, 0.29) is 0 Å². The van der Waals surface area contributed by atoms with E-state index >= 15 is 0 Å². The van der Waals surface area contributed by atoms with E-state index in [4.69, 9.17) is 4.74 Å². The highest BCUT2D eigenvalue weighted by atomic mass is 32.2. The highest BCUT2D eigenvalue weighted by molar-refractivity contribution is 7.93. The molecule has 27 heavy (non-hydrogen) atoms. The van der Waals surface area contributed by atoms with Gasteiger partial charge in [-0.05, 0) is 22.9 Å². The molecule has 6 heteroatoms. The first-order chi connectivity index (χ1) is 12.9. The second-order valence-electron chi connectivity index (χ2n) is 6.14. The number of fused-ring (bicyclic) bond motifs is 1. The van der Waals surface area contributed by atoms with Gasteiger partial charge in [-0.15, -0.1) is 0 Å². The van der Waals surface area contributed by atoms with E-state index in [1.54, 1.807) is 42.5 Å². The number of carbonyl (C=O) groups is 2. The van der Waals surface area contributed by atoms with E-state index in [9.17, 15) is 13.8 Å². The molecule has 0 fully saturated rings. The van der Waals surface area contributed by atoms with Crippen molar-refractivity contribution in [2.24, 2.45) is 4.36 Å². The Morgan fingerprint density at radius 3 is 2.22 bits per heavy atom. The van der Waals surface area contributed by atoms with Crippen molar-refractivity contribution in [3.8, 4) is 0 Å². The summed E-state index contributed by atoms with van der Waals surface area (Å²) in [6.45, 7) is 1.22. The molecule has 138 valence electrons. The second kappa shape index (κ2) is 7.72. The quantitative estimate of drug-likeness (QED) is 0.637. The van der Waals surface area contributed by atoms with Gasteiger partial charge in [0.1, 0.15) is 0 Å². The van der Waals surface area contributed by atoms with Crippen LogP contribution >= 0.6 is 0 Å². The normalized spacial score (nSPS) is 14.1. The second-order valence-corrected chi connectivity index (χ2v) is 8.40. The summed E-state index contributed by atoms with van der Waals surface area (Å²) >= 11 is 0. The van der Waals surface area contributed by atoms with Crippen LogP contribution in [0.3, 0.4) is 0 Å². The maximum atomic E-state index is 13.1. The minimum Gasteiger partial charge on any atom is -0.447 e. The van der Waals surface area contributed by atoms with E-state index in [0.29, 0.717) is 10.5 Å². The molecule has 0 aliphatic carbocycles. The van der Waals surface area contributed by atoms with E-state index in [1.807, 2.05) is 30.3 Å². The monoisotopic (exact) mass is 381 g/mol. The number of benzene rings is 3. The summed E-state index contributed by atoms with van der Waals surface area (Å²) in [5, 5.41) is 1.91. The molecule has 0 N–H and O–H groups in total. The number of hydrogen-bond donors (Lipinski definition) is 0. The molecular weight excluding hydrogens is 362 g/mol. The summed E-state index contributed by atoms with van der Waals surface area (Å²) in [5.74, 6) is -1.36. The molecule has 0 bridgehead atoms. The Balaban J connectivity index is 2.01. The van der Waals surface area contributed by atoms with Crippen LogP contribution in [-0.2, 0) is 24.1 Å². The zero-order chi connectivity index (χ0) is 19.4. The molecule has 3 aromatic rings. The Bertz CT molecular complexity index is 1120. The summed E-state index contributed by atoms with van der Waals surface area (Å²) in [6, 6.07) is 21.5. The van der Waals surface area contributed by atoms with Gasteiger partial charge in [0.05, 0.1) is 9.73 Å². The zero-order valence-corrected chi connectivity index (χ0v) is 15.8. The SMILES string of the molecule is CC(=O)O[C@@H](C(=O)N=S(C)(=O)c1ccc2ccccc2c1)c1ccccc1. The van der Waals surface area contributed by atoms with Gasteiger partial charge in [0.25, 0.3) is 5.91 Å². The largest absolute Gasteiger partial charge is 0.447 e. The standard InChI is InChI=1S/C21H19NO4S/c1-15(23)26-20(17-9-4-3-5-10-17)21(24)22-27(2,25)19-13-12-16-8-6-7-11-18(16)14-19/h3-14,20H,1-2H3/t20-,27?/m1/s1. The average Bonchev–Trinajstić information content (AvgIpc) is 2.66. The maximum Gasteiger partial charge on any atom is 0.303 e. The number of nitrogens with zero attached hydrogens (tertiary/aromatic N) is 1. The fraction of sp³-hybridized carbons (Fsp3) is 0.143. The van der Waals surface area contributed by atoms with Crippen LogP contribution in [-0.4, -0.2) is 22.3 Å². The molecule has 0 heterocycles. The fourth-order valence-corrected chi connectivity index (χ4v) is 3.94. The third-order valence-corrected chi connectivity index (χ3v) is 5.69. The lowest BCUT2D eigenvalue weighted by atomic mass is 10.1. The Morgan fingerprint density at radius 2 is 1.56 bits per heavy atom. The first-order valence-electron chi connectivity index (χ1n) is 8.34. The maximum absolute atomic E-state index is 13.1. The van der Waals surface area contributed by atoms with Crippen LogP contribution < -0.4 is 0 Å². The molecule has 1 unspecified atom stereocenters.